The maximum absolute atomic E-state index is 12.7. The predicted molar refractivity (Wildman–Crippen MR) is 109 cm³/mol. The number of carbonyl (C=O) groups excluding carboxylic acids is 1. The molecule has 1 aromatic heterocycles. The Morgan fingerprint density at radius 3 is 2.26 bits per heavy atom. The molecule has 0 saturated carbocycles. The maximum Gasteiger partial charge on any atom is 0.274 e. The molecule has 2 N–H and O–H groups in total. The van der Waals surface area contributed by atoms with E-state index in [-0.39, 0.29) is 5.91 Å². The van der Waals surface area contributed by atoms with Crippen LogP contribution in [0.5, 0.6) is 0 Å². The zero-order valence-electron chi connectivity index (χ0n) is 16.1. The van der Waals surface area contributed by atoms with E-state index in [0.717, 1.165) is 22.4 Å². The molecule has 0 radical (unpaired) electrons. The second kappa shape index (κ2) is 7.99. The fourth-order valence-electron chi connectivity index (χ4n) is 2.86. The molecule has 3 rings (SSSR count). The number of benzene rings is 2. The molecule has 0 fully saturated rings. The van der Waals surface area contributed by atoms with Crippen molar-refractivity contribution in [3.63, 3.8) is 0 Å². The molecule has 2 aromatic carbocycles. The van der Waals surface area contributed by atoms with Gasteiger partial charge in [-0.05, 0) is 44.4 Å². The number of nitrogens with one attached hydrogen (secondary N) is 2. The molecule has 5 nitrogen and oxygen atoms in total. The molecule has 0 unspecified atom stereocenters. The van der Waals surface area contributed by atoms with Gasteiger partial charge in [-0.2, -0.15) is 0 Å². The van der Waals surface area contributed by atoms with E-state index < -0.39 is 0 Å². The number of amides is 1. The molecule has 27 heavy (non-hydrogen) atoms. The van der Waals surface area contributed by atoms with Crippen LogP contribution in [0.25, 0.3) is 0 Å². The number of nitrogens with zero attached hydrogens (tertiary/aromatic N) is 2. The summed E-state index contributed by atoms with van der Waals surface area (Å²) < 4.78 is 0. The Bertz CT molecular complexity index is 944. The molecule has 0 aliphatic carbocycles. The molecular formula is C22H24N4O. The van der Waals surface area contributed by atoms with Crippen molar-refractivity contribution >= 4 is 17.4 Å². The van der Waals surface area contributed by atoms with Crippen molar-refractivity contribution in [2.24, 2.45) is 0 Å². The lowest BCUT2D eigenvalue weighted by Gasteiger charge is -2.12. The second-order valence-electron chi connectivity index (χ2n) is 6.75. The summed E-state index contributed by atoms with van der Waals surface area (Å²) >= 11 is 0. The van der Waals surface area contributed by atoms with E-state index >= 15 is 0 Å². The molecule has 0 aliphatic heterocycles. The zero-order chi connectivity index (χ0) is 19.4. The van der Waals surface area contributed by atoms with Crippen LogP contribution in [-0.4, -0.2) is 15.9 Å². The monoisotopic (exact) mass is 360 g/mol. The van der Waals surface area contributed by atoms with Crippen LogP contribution in [0.2, 0.25) is 0 Å². The van der Waals surface area contributed by atoms with Gasteiger partial charge in [-0.1, -0.05) is 48.0 Å². The number of hydrogen-bond donors (Lipinski definition) is 2. The lowest BCUT2D eigenvalue weighted by Crippen LogP contribution is -2.17. The Labute approximate surface area is 159 Å². The Morgan fingerprint density at radius 2 is 1.59 bits per heavy atom. The van der Waals surface area contributed by atoms with Crippen LogP contribution in [0.4, 0.5) is 11.5 Å². The van der Waals surface area contributed by atoms with Crippen LogP contribution < -0.4 is 10.6 Å². The fourth-order valence-corrected chi connectivity index (χ4v) is 2.86. The molecule has 0 atom stereocenters. The van der Waals surface area contributed by atoms with Gasteiger partial charge in [0.15, 0.2) is 0 Å². The van der Waals surface area contributed by atoms with Gasteiger partial charge in [0.2, 0.25) is 0 Å². The number of anilines is 2. The number of carbonyl (C=O) groups is 1. The largest absolute Gasteiger partial charge is 0.366 e. The Kier molecular flexibility index (Phi) is 5.50. The Balaban J connectivity index is 1.76. The summed E-state index contributed by atoms with van der Waals surface area (Å²) in [4.78, 5) is 21.4. The van der Waals surface area contributed by atoms with Crippen molar-refractivity contribution in [1.29, 1.82) is 0 Å². The van der Waals surface area contributed by atoms with Crippen LogP contribution in [0.3, 0.4) is 0 Å². The summed E-state index contributed by atoms with van der Waals surface area (Å²) in [5.74, 6) is 0.946. The lowest BCUT2D eigenvalue weighted by atomic mass is 10.1. The first-order valence-electron chi connectivity index (χ1n) is 8.95. The van der Waals surface area contributed by atoms with Gasteiger partial charge in [-0.15, -0.1) is 0 Å². The molecule has 0 spiro atoms. The van der Waals surface area contributed by atoms with Crippen molar-refractivity contribution < 1.29 is 4.79 Å². The summed E-state index contributed by atoms with van der Waals surface area (Å²) in [6, 6.07) is 15.9. The van der Waals surface area contributed by atoms with Crippen LogP contribution in [-0.2, 0) is 6.54 Å². The molecule has 1 amide bonds. The van der Waals surface area contributed by atoms with Crippen LogP contribution in [0, 0.1) is 27.7 Å². The van der Waals surface area contributed by atoms with Crippen LogP contribution in [0.15, 0.2) is 48.5 Å². The molecule has 3 aromatic rings. The van der Waals surface area contributed by atoms with Gasteiger partial charge < -0.3 is 10.6 Å². The number of para-hydroxylation sites is 1. The number of aryl methyl sites for hydroxylation is 4. The third-order valence-electron chi connectivity index (χ3n) is 4.38. The maximum atomic E-state index is 12.7. The molecular weight excluding hydrogens is 336 g/mol. The summed E-state index contributed by atoms with van der Waals surface area (Å²) in [5, 5.41) is 6.24. The minimum absolute atomic E-state index is 0.240. The minimum Gasteiger partial charge on any atom is -0.366 e. The molecule has 0 saturated heterocycles. The van der Waals surface area contributed by atoms with Crippen molar-refractivity contribution in [1.82, 2.24) is 9.97 Å². The first kappa shape index (κ1) is 18.6. The van der Waals surface area contributed by atoms with E-state index in [1.807, 2.05) is 32.0 Å². The molecule has 0 aliphatic rings. The third kappa shape index (κ3) is 4.70. The highest BCUT2D eigenvalue weighted by molar-refractivity contribution is 6.04. The Morgan fingerprint density at radius 1 is 0.926 bits per heavy atom. The van der Waals surface area contributed by atoms with Gasteiger partial charge in [0.25, 0.3) is 5.91 Å². The van der Waals surface area contributed by atoms with Gasteiger partial charge in [0.05, 0.1) is 0 Å². The lowest BCUT2D eigenvalue weighted by molar-refractivity contribution is 0.102. The highest BCUT2D eigenvalue weighted by atomic mass is 16.1. The topological polar surface area (TPSA) is 66.9 Å². The summed E-state index contributed by atoms with van der Waals surface area (Å²) in [7, 11) is 0. The average molecular weight is 360 g/mol. The van der Waals surface area contributed by atoms with Crippen molar-refractivity contribution in [3.8, 4) is 0 Å². The quantitative estimate of drug-likeness (QED) is 0.699. The average Bonchev–Trinajstić information content (AvgIpc) is 2.64. The van der Waals surface area contributed by atoms with Gasteiger partial charge in [0.1, 0.15) is 17.3 Å². The van der Waals surface area contributed by atoms with Crippen molar-refractivity contribution in [2.75, 3.05) is 10.6 Å². The number of hydrogen-bond acceptors (Lipinski definition) is 4. The second-order valence-corrected chi connectivity index (χ2v) is 6.75. The first-order chi connectivity index (χ1) is 12.9. The summed E-state index contributed by atoms with van der Waals surface area (Å²) in [6.45, 7) is 8.43. The van der Waals surface area contributed by atoms with Gasteiger partial charge in [-0.25, -0.2) is 9.97 Å². The van der Waals surface area contributed by atoms with E-state index in [9.17, 15) is 4.79 Å². The number of aromatic nitrogens is 2. The minimum atomic E-state index is -0.240. The summed E-state index contributed by atoms with van der Waals surface area (Å²) in [5.41, 5.74) is 5.59. The van der Waals surface area contributed by atoms with Crippen LogP contribution >= 0.6 is 0 Å². The van der Waals surface area contributed by atoms with Crippen molar-refractivity contribution in [3.05, 3.63) is 82.3 Å². The zero-order valence-corrected chi connectivity index (χ0v) is 16.1. The molecule has 1 heterocycles. The predicted octanol–water partition coefficient (Wildman–Crippen LogP) is 4.57. The van der Waals surface area contributed by atoms with E-state index in [1.165, 1.54) is 5.56 Å². The van der Waals surface area contributed by atoms with Crippen LogP contribution in [0.1, 0.15) is 38.6 Å². The normalized spacial score (nSPS) is 10.5. The smallest absolute Gasteiger partial charge is 0.274 e. The highest BCUT2D eigenvalue weighted by Crippen LogP contribution is 2.20. The highest BCUT2D eigenvalue weighted by Gasteiger charge is 2.13. The first-order valence-corrected chi connectivity index (χ1v) is 8.95. The van der Waals surface area contributed by atoms with Gasteiger partial charge in [0, 0.05) is 18.3 Å². The fraction of sp³-hybridized carbons (Fsp3) is 0.227. The van der Waals surface area contributed by atoms with Gasteiger partial charge in [-0.3, -0.25) is 4.79 Å². The molecule has 138 valence electrons. The third-order valence-corrected chi connectivity index (χ3v) is 4.38. The van der Waals surface area contributed by atoms with E-state index in [1.54, 1.807) is 13.0 Å². The summed E-state index contributed by atoms with van der Waals surface area (Å²) in [6.07, 6.45) is 0. The number of rotatable bonds is 5. The molecule has 5 heteroatoms. The Hall–Kier alpha value is -3.21. The van der Waals surface area contributed by atoms with E-state index in [2.05, 4.69) is 51.8 Å². The SMILES string of the molecule is Cc1ccc(CNc2cc(C(=O)Nc3c(C)cccc3C)nc(C)n2)cc1. The van der Waals surface area contributed by atoms with Gasteiger partial charge >= 0.3 is 0 Å². The van der Waals surface area contributed by atoms with E-state index in [0.29, 0.717) is 23.9 Å². The van der Waals surface area contributed by atoms with Crippen molar-refractivity contribution in [2.45, 2.75) is 34.2 Å². The molecule has 0 bridgehead atoms. The standard InChI is InChI=1S/C22H24N4O/c1-14-8-10-18(11-9-14)13-23-20-12-19(24-17(4)25-20)22(27)26-21-15(2)6-5-7-16(21)3/h5-12H,13H2,1-4H3,(H,26,27)(H,23,24,25). The van der Waals surface area contributed by atoms with E-state index in [4.69, 9.17) is 0 Å².